The molecule has 4 nitrogen and oxygen atoms in total. The molecule has 2 rings (SSSR count). The first-order valence-corrected chi connectivity index (χ1v) is 5.75. The largest absolute Gasteiger partial charge is 0.379 e. The maximum absolute atomic E-state index is 11.5. The molecule has 0 bridgehead atoms. The van der Waals surface area contributed by atoms with Crippen molar-refractivity contribution in [1.82, 2.24) is 5.32 Å². The molecule has 0 aromatic carbocycles. The van der Waals surface area contributed by atoms with Crippen LogP contribution in [0.15, 0.2) is 0 Å². The molecule has 15 heavy (non-hydrogen) atoms. The molecule has 1 atom stereocenters. The molecule has 86 valence electrons. The van der Waals surface area contributed by atoms with Gasteiger partial charge in [-0.3, -0.25) is 4.79 Å². The highest BCUT2D eigenvalue weighted by Gasteiger charge is 2.49. The van der Waals surface area contributed by atoms with Crippen molar-refractivity contribution in [2.75, 3.05) is 20.3 Å². The van der Waals surface area contributed by atoms with Crippen molar-refractivity contribution in [2.24, 2.45) is 17.6 Å². The Bertz CT molecular complexity index is 249. The first-order valence-electron chi connectivity index (χ1n) is 5.75. The van der Waals surface area contributed by atoms with E-state index in [1.165, 1.54) is 12.8 Å². The van der Waals surface area contributed by atoms with Gasteiger partial charge in [-0.05, 0) is 44.6 Å². The first-order chi connectivity index (χ1) is 7.19. The zero-order chi connectivity index (χ0) is 10.9. The van der Waals surface area contributed by atoms with Gasteiger partial charge in [0.05, 0.1) is 6.61 Å². The lowest BCUT2D eigenvalue weighted by Crippen LogP contribution is -2.59. The number of carbonyl (C=O) groups excluding carboxylic acids is 1. The topological polar surface area (TPSA) is 64.3 Å². The van der Waals surface area contributed by atoms with E-state index in [0.29, 0.717) is 12.5 Å². The number of hydrogen-bond acceptors (Lipinski definition) is 3. The molecule has 2 saturated carbocycles. The number of hydrogen-bond donors (Lipinski definition) is 2. The average molecular weight is 212 g/mol. The lowest BCUT2D eigenvalue weighted by atomic mass is 9.93. The van der Waals surface area contributed by atoms with Gasteiger partial charge < -0.3 is 15.8 Å². The Hall–Kier alpha value is -0.610. The molecule has 2 fully saturated rings. The maximum Gasteiger partial charge on any atom is 0.240 e. The van der Waals surface area contributed by atoms with Gasteiger partial charge in [0.25, 0.3) is 0 Å². The molecule has 0 aliphatic heterocycles. The van der Waals surface area contributed by atoms with E-state index < -0.39 is 5.54 Å². The Morgan fingerprint density at radius 3 is 2.53 bits per heavy atom. The standard InChI is InChI=1S/C11H20N2O2/c1-13-11(10(12)14,9-4-5-9)7-15-6-8-2-3-8/h8-9,13H,2-7H2,1H3,(H2,12,14). The minimum Gasteiger partial charge on any atom is -0.379 e. The van der Waals surface area contributed by atoms with E-state index in [9.17, 15) is 4.79 Å². The molecule has 1 unspecified atom stereocenters. The second-order valence-corrected chi connectivity index (χ2v) is 4.82. The van der Waals surface area contributed by atoms with E-state index in [4.69, 9.17) is 10.5 Å². The predicted molar refractivity (Wildman–Crippen MR) is 57.3 cm³/mol. The Morgan fingerprint density at radius 2 is 2.13 bits per heavy atom. The van der Waals surface area contributed by atoms with E-state index in [2.05, 4.69) is 5.32 Å². The van der Waals surface area contributed by atoms with Gasteiger partial charge >= 0.3 is 0 Å². The molecule has 0 saturated heterocycles. The fraction of sp³-hybridized carbons (Fsp3) is 0.909. The summed E-state index contributed by atoms with van der Waals surface area (Å²) in [5.41, 5.74) is 4.86. The van der Waals surface area contributed by atoms with Crippen LogP contribution >= 0.6 is 0 Å². The molecule has 2 aliphatic rings. The molecule has 0 aromatic rings. The summed E-state index contributed by atoms with van der Waals surface area (Å²) in [7, 11) is 1.80. The lowest BCUT2D eigenvalue weighted by Gasteiger charge is -2.30. The monoisotopic (exact) mass is 212 g/mol. The molecule has 0 aromatic heterocycles. The zero-order valence-electron chi connectivity index (χ0n) is 9.29. The van der Waals surface area contributed by atoms with Crippen LogP contribution in [0, 0.1) is 11.8 Å². The van der Waals surface area contributed by atoms with E-state index in [1.807, 2.05) is 0 Å². The molecule has 0 spiro atoms. The van der Waals surface area contributed by atoms with Crippen LogP contribution in [0.2, 0.25) is 0 Å². The van der Waals surface area contributed by atoms with Gasteiger partial charge in [-0.1, -0.05) is 0 Å². The molecule has 1 amide bonds. The molecule has 2 aliphatic carbocycles. The number of carbonyl (C=O) groups is 1. The van der Waals surface area contributed by atoms with Crippen molar-refractivity contribution in [3.8, 4) is 0 Å². The molecular weight excluding hydrogens is 192 g/mol. The number of nitrogens with two attached hydrogens (primary N) is 1. The number of rotatable bonds is 7. The summed E-state index contributed by atoms with van der Waals surface area (Å²) >= 11 is 0. The van der Waals surface area contributed by atoms with Crippen LogP contribution in [0.3, 0.4) is 0 Å². The van der Waals surface area contributed by atoms with Gasteiger partial charge in [0.2, 0.25) is 5.91 Å². The van der Waals surface area contributed by atoms with Crippen LogP contribution in [0.1, 0.15) is 25.7 Å². The summed E-state index contributed by atoms with van der Waals surface area (Å²) in [6.07, 6.45) is 4.70. The minimum absolute atomic E-state index is 0.275. The summed E-state index contributed by atoms with van der Waals surface area (Å²) < 4.78 is 5.61. The quantitative estimate of drug-likeness (QED) is 0.636. The lowest BCUT2D eigenvalue weighted by molar-refractivity contribution is -0.128. The molecule has 0 radical (unpaired) electrons. The molecule has 0 heterocycles. The summed E-state index contributed by atoms with van der Waals surface area (Å²) in [4.78, 5) is 11.5. The van der Waals surface area contributed by atoms with Gasteiger partial charge in [0, 0.05) is 6.61 Å². The van der Waals surface area contributed by atoms with Crippen molar-refractivity contribution in [3.05, 3.63) is 0 Å². The summed E-state index contributed by atoms with van der Waals surface area (Å²) in [5.74, 6) is 0.828. The van der Waals surface area contributed by atoms with Gasteiger partial charge in [-0.25, -0.2) is 0 Å². The van der Waals surface area contributed by atoms with Crippen LogP contribution in [0.25, 0.3) is 0 Å². The summed E-state index contributed by atoms with van der Waals surface area (Å²) in [6.45, 7) is 1.21. The molecule has 4 heteroatoms. The van der Waals surface area contributed by atoms with Crippen LogP contribution in [-0.2, 0) is 9.53 Å². The van der Waals surface area contributed by atoms with Crippen LogP contribution < -0.4 is 11.1 Å². The summed E-state index contributed by atoms with van der Waals surface area (Å²) in [6, 6.07) is 0. The highest BCUT2D eigenvalue weighted by Crippen LogP contribution is 2.40. The van der Waals surface area contributed by atoms with E-state index in [1.54, 1.807) is 7.05 Å². The predicted octanol–water partition coefficient (Wildman–Crippen LogP) is 0.267. The highest BCUT2D eigenvalue weighted by molar-refractivity contribution is 5.85. The van der Waals surface area contributed by atoms with Crippen molar-refractivity contribution < 1.29 is 9.53 Å². The fourth-order valence-electron chi connectivity index (χ4n) is 2.04. The second kappa shape index (κ2) is 4.10. The SMILES string of the molecule is CNC(COCC1CC1)(C(N)=O)C1CC1. The van der Waals surface area contributed by atoms with Crippen LogP contribution in [0.5, 0.6) is 0 Å². The first kappa shape index (κ1) is 10.9. The Balaban J connectivity index is 1.87. The van der Waals surface area contributed by atoms with Crippen LogP contribution in [-0.4, -0.2) is 31.7 Å². The number of primary amides is 1. The third-order valence-electron chi connectivity index (χ3n) is 3.54. The third kappa shape index (κ3) is 2.32. The van der Waals surface area contributed by atoms with Gasteiger partial charge in [0.15, 0.2) is 0 Å². The maximum atomic E-state index is 11.5. The van der Waals surface area contributed by atoms with Crippen LogP contribution in [0.4, 0.5) is 0 Å². The Labute approximate surface area is 90.5 Å². The third-order valence-corrected chi connectivity index (χ3v) is 3.54. The van der Waals surface area contributed by atoms with Crippen molar-refractivity contribution >= 4 is 5.91 Å². The summed E-state index contributed by atoms with van der Waals surface area (Å²) in [5, 5.41) is 3.07. The van der Waals surface area contributed by atoms with Gasteiger partial charge in [-0.2, -0.15) is 0 Å². The number of ether oxygens (including phenoxy) is 1. The smallest absolute Gasteiger partial charge is 0.240 e. The van der Waals surface area contributed by atoms with Crippen molar-refractivity contribution in [2.45, 2.75) is 31.2 Å². The van der Waals surface area contributed by atoms with E-state index in [-0.39, 0.29) is 5.91 Å². The van der Waals surface area contributed by atoms with E-state index >= 15 is 0 Å². The minimum atomic E-state index is -0.616. The molecular formula is C11H20N2O2. The fourth-order valence-corrected chi connectivity index (χ4v) is 2.04. The Morgan fingerprint density at radius 1 is 1.47 bits per heavy atom. The van der Waals surface area contributed by atoms with Crippen molar-refractivity contribution in [3.63, 3.8) is 0 Å². The molecule has 3 N–H and O–H groups in total. The second-order valence-electron chi connectivity index (χ2n) is 4.82. The zero-order valence-corrected chi connectivity index (χ0v) is 9.29. The van der Waals surface area contributed by atoms with E-state index in [0.717, 1.165) is 25.4 Å². The van der Waals surface area contributed by atoms with Gasteiger partial charge in [0.1, 0.15) is 5.54 Å². The van der Waals surface area contributed by atoms with Crippen molar-refractivity contribution in [1.29, 1.82) is 0 Å². The number of likely N-dealkylation sites (N-methyl/N-ethyl adjacent to an activating group) is 1. The highest BCUT2D eigenvalue weighted by atomic mass is 16.5. The Kier molecular flexibility index (Phi) is 2.98. The number of nitrogens with one attached hydrogen (secondary N) is 1. The van der Waals surface area contributed by atoms with Gasteiger partial charge in [-0.15, -0.1) is 0 Å². The number of amides is 1. The normalized spacial score (nSPS) is 24.9. The average Bonchev–Trinajstić information content (AvgIpc) is 3.00.